The molecule has 1 N–H and O–H groups in total. The number of rotatable bonds is 10. The smallest absolute Gasteiger partial charge is 0.234 e. The van der Waals surface area contributed by atoms with Crippen molar-refractivity contribution in [3.63, 3.8) is 0 Å². The van der Waals surface area contributed by atoms with Crippen LogP contribution in [0.3, 0.4) is 0 Å². The van der Waals surface area contributed by atoms with E-state index in [1.807, 2.05) is 23.5 Å². The summed E-state index contributed by atoms with van der Waals surface area (Å²) in [5.41, 5.74) is 0.899. The lowest BCUT2D eigenvalue weighted by Crippen LogP contribution is -2.49. The van der Waals surface area contributed by atoms with Crippen LogP contribution in [0, 0.1) is 0 Å². The average molecular weight is 434 g/mol. The molecular formula is C22H31N3O4S. The van der Waals surface area contributed by atoms with Crippen LogP contribution < -0.4 is 19.5 Å². The number of benzene rings is 1. The fourth-order valence-electron chi connectivity index (χ4n) is 3.59. The maximum Gasteiger partial charge on any atom is 0.234 e. The third-order valence-corrected chi connectivity index (χ3v) is 6.24. The molecule has 2 aromatic rings. The Bertz CT molecular complexity index is 780. The van der Waals surface area contributed by atoms with Crippen LogP contribution >= 0.6 is 11.3 Å². The first kappa shape index (κ1) is 22.4. The SMILES string of the molecule is COc1cc(CNC(=O)CN2CCN(CCc3cccs3)CC2)cc(OC)c1OC. The number of hydrogen-bond donors (Lipinski definition) is 1. The molecule has 0 unspecified atom stereocenters. The van der Waals surface area contributed by atoms with Gasteiger partial charge in [0.2, 0.25) is 11.7 Å². The van der Waals surface area contributed by atoms with E-state index in [1.54, 1.807) is 21.3 Å². The van der Waals surface area contributed by atoms with E-state index in [0.29, 0.717) is 30.3 Å². The van der Waals surface area contributed by atoms with Gasteiger partial charge in [-0.2, -0.15) is 0 Å². The van der Waals surface area contributed by atoms with Crippen molar-refractivity contribution in [2.45, 2.75) is 13.0 Å². The summed E-state index contributed by atoms with van der Waals surface area (Å²) in [6, 6.07) is 8.01. The van der Waals surface area contributed by atoms with Crippen molar-refractivity contribution in [2.24, 2.45) is 0 Å². The quantitative estimate of drug-likeness (QED) is 0.620. The highest BCUT2D eigenvalue weighted by atomic mass is 32.1. The molecule has 1 aliphatic rings. The lowest BCUT2D eigenvalue weighted by molar-refractivity contribution is -0.122. The van der Waals surface area contributed by atoms with Gasteiger partial charge in [0.25, 0.3) is 0 Å². The lowest BCUT2D eigenvalue weighted by Gasteiger charge is -2.34. The predicted molar refractivity (Wildman–Crippen MR) is 119 cm³/mol. The van der Waals surface area contributed by atoms with Crippen molar-refractivity contribution in [3.8, 4) is 17.2 Å². The van der Waals surface area contributed by atoms with Crippen molar-refractivity contribution in [1.29, 1.82) is 0 Å². The molecule has 0 atom stereocenters. The molecule has 1 aromatic heterocycles. The third-order valence-electron chi connectivity index (χ3n) is 5.30. The molecule has 7 nitrogen and oxygen atoms in total. The normalized spacial score (nSPS) is 15.0. The highest BCUT2D eigenvalue weighted by Gasteiger charge is 2.19. The van der Waals surface area contributed by atoms with Crippen molar-refractivity contribution in [3.05, 3.63) is 40.1 Å². The molecule has 0 aliphatic carbocycles. The largest absolute Gasteiger partial charge is 0.493 e. The number of methoxy groups -OCH3 is 3. The van der Waals surface area contributed by atoms with E-state index < -0.39 is 0 Å². The Hall–Kier alpha value is -2.29. The standard InChI is InChI=1S/C22H31N3O4S/c1-27-19-13-17(14-20(28-2)22(19)29-3)15-23-21(26)16-25-10-8-24(9-11-25)7-6-18-5-4-12-30-18/h4-5,12-14H,6-11,15-16H2,1-3H3,(H,23,26). The van der Waals surface area contributed by atoms with E-state index in [2.05, 4.69) is 32.6 Å². The van der Waals surface area contributed by atoms with Gasteiger partial charge in [-0.15, -0.1) is 11.3 Å². The van der Waals surface area contributed by atoms with Gasteiger partial charge >= 0.3 is 0 Å². The lowest BCUT2D eigenvalue weighted by atomic mass is 10.1. The van der Waals surface area contributed by atoms with Gasteiger partial charge in [-0.1, -0.05) is 6.07 Å². The van der Waals surface area contributed by atoms with Gasteiger partial charge in [0.05, 0.1) is 27.9 Å². The molecule has 1 saturated heterocycles. The van der Waals surface area contributed by atoms with Crippen LogP contribution in [0.25, 0.3) is 0 Å². The summed E-state index contributed by atoms with van der Waals surface area (Å²) >= 11 is 1.82. The fraction of sp³-hybridized carbons (Fsp3) is 0.500. The molecular weight excluding hydrogens is 402 g/mol. The van der Waals surface area contributed by atoms with Crippen LogP contribution in [0.15, 0.2) is 29.6 Å². The molecule has 164 valence electrons. The highest BCUT2D eigenvalue weighted by Crippen LogP contribution is 2.38. The van der Waals surface area contributed by atoms with E-state index in [-0.39, 0.29) is 5.91 Å². The molecule has 1 aromatic carbocycles. The predicted octanol–water partition coefficient (Wildman–Crippen LogP) is 2.25. The highest BCUT2D eigenvalue weighted by molar-refractivity contribution is 7.09. The van der Waals surface area contributed by atoms with Crippen LogP contribution in [-0.4, -0.2) is 76.3 Å². The van der Waals surface area contributed by atoms with Gasteiger partial charge in [0.1, 0.15) is 0 Å². The van der Waals surface area contributed by atoms with Crippen LogP contribution in [0.4, 0.5) is 0 Å². The van der Waals surface area contributed by atoms with E-state index in [0.717, 1.165) is 44.7 Å². The van der Waals surface area contributed by atoms with E-state index in [4.69, 9.17) is 14.2 Å². The maximum atomic E-state index is 12.4. The molecule has 1 aliphatic heterocycles. The second kappa shape index (κ2) is 11.2. The Morgan fingerprint density at radius 1 is 1.03 bits per heavy atom. The Morgan fingerprint density at radius 3 is 2.27 bits per heavy atom. The number of hydrogen-bond acceptors (Lipinski definition) is 7. The molecule has 0 bridgehead atoms. The Balaban J connectivity index is 1.42. The van der Waals surface area contributed by atoms with Gasteiger partial charge < -0.3 is 24.4 Å². The second-order valence-corrected chi connectivity index (χ2v) is 8.29. The number of nitrogens with zero attached hydrogens (tertiary/aromatic N) is 2. The van der Waals surface area contributed by atoms with Crippen LogP contribution in [0.1, 0.15) is 10.4 Å². The summed E-state index contributed by atoms with van der Waals surface area (Å²) in [6.45, 7) is 5.77. The molecule has 0 spiro atoms. The second-order valence-electron chi connectivity index (χ2n) is 7.26. The first-order valence-electron chi connectivity index (χ1n) is 10.2. The molecule has 1 amide bonds. The van der Waals surface area contributed by atoms with Gasteiger partial charge in [0, 0.05) is 44.1 Å². The number of nitrogens with one attached hydrogen (secondary N) is 1. The van der Waals surface area contributed by atoms with Gasteiger partial charge in [-0.25, -0.2) is 0 Å². The number of amides is 1. The summed E-state index contributed by atoms with van der Waals surface area (Å²) in [5.74, 6) is 1.74. The Kier molecular flexibility index (Phi) is 8.36. The molecule has 30 heavy (non-hydrogen) atoms. The van der Waals surface area contributed by atoms with E-state index >= 15 is 0 Å². The topological polar surface area (TPSA) is 63.3 Å². The number of thiophene rings is 1. The Labute approximate surface area is 182 Å². The third kappa shape index (κ3) is 6.10. The minimum atomic E-state index is 0.0239. The maximum absolute atomic E-state index is 12.4. The Morgan fingerprint density at radius 2 is 1.70 bits per heavy atom. The molecule has 2 heterocycles. The zero-order valence-corrected chi connectivity index (χ0v) is 18.8. The summed E-state index contributed by atoms with van der Waals surface area (Å²) in [4.78, 5) is 18.6. The van der Waals surface area contributed by atoms with Crippen molar-refractivity contribution >= 4 is 17.2 Å². The van der Waals surface area contributed by atoms with E-state index in [9.17, 15) is 4.79 Å². The monoisotopic (exact) mass is 433 g/mol. The van der Waals surface area contributed by atoms with Crippen molar-refractivity contribution in [2.75, 3.05) is 60.6 Å². The molecule has 0 radical (unpaired) electrons. The summed E-state index contributed by atoms with van der Waals surface area (Å²) < 4.78 is 16.1. The first-order chi connectivity index (χ1) is 14.6. The summed E-state index contributed by atoms with van der Waals surface area (Å²) in [5, 5.41) is 5.13. The van der Waals surface area contributed by atoms with Crippen LogP contribution in [-0.2, 0) is 17.8 Å². The first-order valence-corrected chi connectivity index (χ1v) is 11.0. The van der Waals surface area contributed by atoms with Crippen LogP contribution in [0.2, 0.25) is 0 Å². The molecule has 1 fully saturated rings. The van der Waals surface area contributed by atoms with Gasteiger partial charge in [-0.3, -0.25) is 9.69 Å². The van der Waals surface area contributed by atoms with Crippen molar-refractivity contribution in [1.82, 2.24) is 15.1 Å². The van der Waals surface area contributed by atoms with Crippen LogP contribution in [0.5, 0.6) is 17.2 Å². The molecule has 3 rings (SSSR count). The number of carbonyl (C=O) groups is 1. The zero-order chi connectivity index (χ0) is 21.3. The van der Waals surface area contributed by atoms with Crippen molar-refractivity contribution < 1.29 is 19.0 Å². The molecule has 0 saturated carbocycles. The number of ether oxygens (including phenoxy) is 3. The minimum absolute atomic E-state index is 0.0239. The average Bonchev–Trinajstić information content (AvgIpc) is 3.30. The van der Waals surface area contributed by atoms with E-state index in [1.165, 1.54) is 4.88 Å². The summed E-state index contributed by atoms with van der Waals surface area (Å²) in [6.07, 6.45) is 1.10. The summed E-state index contributed by atoms with van der Waals surface area (Å²) in [7, 11) is 4.74. The number of piperazine rings is 1. The van der Waals surface area contributed by atoms with Gasteiger partial charge in [-0.05, 0) is 35.6 Å². The number of carbonyl (C=O) groups excluding carboxylic acids is 1. The van der Waals surface area contributed by atoms with Gasteiger partial charge in [0.15, 0.2) is 11.5 Å². The fourth-order valence-corrected chi connectivity index (χ4v) is 4.29. The zero-order valence-electron chi connectivity index (χ0n) is 18.0. The minimum Gasteiger partial charge on any atom is -0.493 e. The molecule has 8 heteroatoms.